The average Bonchev–Trinajstić information content (AvgIpc) is 2.40. The van der Waals surface area contributed by atoms with E-state index < -0.39 is 0 Å². The second-order valence-corrected chi connectivity index (χ2v) is 3.84. The van der Waals surface area contributed by atoms with Gasteiger partial charge in [0, 0.05) is 11.9 Å². The quantitative estimate of drug-likeness (QED) is 0.842. The Balaban J connectivity index is 2.17. The first kappa shape index (κ1) is 12.1. The molecule has 0 saturated heterocycles. The van der Waals surface area contributed by atoms with Crippen molar-refractivity contribution in [2.45, 2.75) is 0 Å². The number of rotatable bonds is 2. The normalized spacial score (nSPS) is 9.56. The highest BCUT2D eigenvalue weighted by molar-refractivity contribution is 6.33. The smallest absolute Gasteiger partial charge is 0.258 e. The number of hydrogen-bond donors (Lipinski definition) is 1. The van der Waals surface area contributed by atoms with E-state index in [-0.39, 0.29) is 11.1 Å². The highest BCUT2D eigenvalue weighted by Gasteiger charge is 2.10. The third kappa shape index (κ3) is 2.65. The maximum Gasteiger partial charge on any atom is 0.258 e. The number of anilines is 1. The zero-order valence-electron chi connectivity index (χ0n) is 9.22. The van der Waals surface area contributed by atoms with Crippen LogP contribution in [0.3, 0.4) is 0 Å². The summed E-state index contributed by atoms with van der Waals surface area (Å²) in [4.78, 5) is 15.7. The molecule has 0 saturated carbocycles. The first-order chi connectivity index (χ1) is 8.70. The van der Waals surface area contributed by atoms with Gasteiger partial charge in [0.15, 0.2) is 0 Å². The van der Waals surface area contributed by atoms with E-state index in [1.54, 1.807) is 36.4 Å². The number of aromatic nitrogens is 1. The van der Waals surface area contributed by atoms with E-state index in [0.717, 1.165) is 0 Å². The number of pyridine rings is 1. The van der Waals surface area contributed by atoms with Crippen molar-refractivity contribution in [1.82, 2.24) is 4.98 Å². The van der Waals surface area contributed by atoms with Gasteiger partial charge in [-0.15, -0.1) is 0 Å². The Kier molecular flexibility index (Phi) is 3.56. The third-order valence-corrected chi connectivity index (χ3v) is 2.58. The molecule has 1 amide bonds. The fourth-order valence-electron chi connectivity index (χ4n) is 1.38. The van der Waals surface area contributed by atoms with Crippen molar-refractivity contribution in [3.8, 4) is 6.07 Å². The predicted molar refractivity (Wildman–Crippen MR) is 68.4 cm³/mol. The molecule has 0 fully saturated rings. The molecule has 2 rings (SSSR count). The molecule has 0 atom stereocenters. The first-order valence-electron chi connectivity index (χ1n) is 5.13. The number of benzene rings is 1. The van der Waals surface area contributed by atoms with Crippen molar-refractivity contribution in [2.24, 2.45) is 0 Å². The number of amides is 1. The van der Waals surface area contributed by atoms with Crippen molar-refractivity contribution in [3.05, 3.63) is 58.9 Å². The van der Waals surface area contributed by atoms with Crippen molar-refractivity contribution in [1.29, 1.82) is 5.26 Å². The molecular weight excluding hydrogens is 250 g/mol. The summed E-state index contributed by atoms with van der Waals surface area (Å²) in [5.41, 5.74) is 1.44. The molecule has 0 aliphatic heterocycles. The van der Waals surface area contributed by atoms with Crippen LogP contribution in [0.1, 0.15) is 15.9 Å². The number of nitrogens with one attached hydrogen (secondary N) is 1. The molecule has 0 aliphatic carbocycles. The van der Waals surface area contributed by atoms with Crippen molar-refractivity contribution < 1.29 is 4.79 Å². The summed E-state index contributed by atoms with van der Waals surface area (Å²) in [5.74, 6) is -0.335. The average molecular weight is 258 g/mol. The van der Waals surface area contributed by atoms with E-state index in [9.17, 15) is 4.79 Å². The first-order valence-corrected chi connectivity index (χ1v) is 5.50. The lowest BCUT2D eigenvalue weighted by molar-refractivity contribution is 0.102. The maximum absolute atomic E-state index is 11.9. The highest BCUT2D eigenvalue weighted by atomic mass is 35.5. The summed E-state index contributed by atoms with van der Waals surface area (Å²) < 4.78 is 0. The number of nitriles is 1. The lowest BCUT2D eigenvalue weighted by atomic mass is 10.2. The van der Waals surface area contributed by atoms with E-state index in [1.165, 1.54) is 6.20 Å². The van der Waals surface area contributed by atoms with Crippen LogP contribution in [0.2, 0.25) is 5.15 Å². The summed E-state index contributed by atoms with van der Waals surface area (Å²) in [6, 6.07) is 11.8. The second-order valence-electron chi connectivity index (χ2n) is 3.49. The van der Waals surface area contributed by atoms with Crippen LogP contribution in [0.5, 0.6) is 0 Å². The van der Waals surface area contributed by atoms with Crippen molar-refractivity contribution in [2.75, 3.05) is 5.32 Å². The van der Waals surface area contributed by atoms with Crippen LogP contribution in [0.4, 0.5) is 5.69 Å². The molecule has 1 heterocycles. The van der Waals surface area contributed by atoms with E-state index in [1.807, 2.05) is 6.07 Å². The maximum atomic E-state index is 11.9. The van der Waals surface area contributed by atoms with Gasteiger partial charge in [0.25, 0.3) is 5.91 Å². The SMILES string of the molecule is N#Cc1ccc(NC(=O)c2cccnc2Cl)cc1. The van der Waals surface area contributed by atoms with Gasteiger partial charge in [0.05, 0.1) is 17.2 Å². The topological polar surface area (TPSA) is 65.8 Å². The van der Waals surface area contributed by atoms with Crippen LogP contribution in [0.25, 0.3) is 0 Å². The molecule has 18 heavy (non-hydrogen) atoms. The van der Waals surface area contributed by atoms with E-state index in [2.05, 4.69) is 10.3 Å². The fraction of sp³-hybridized carbons (Fsp3) is 0. The Morgan fingerprint density at radius 1 is 1.28 bits per heavy atom. The lowest BCUT2D eigenvalue weighted by Gasteiger charge is -2.05. The molecule has 0 spiro atoms. The van der Waals surface area contributed by atoms with E-state index >= 15 is 0 Å². The van der Waals surface area contributed by atoms with Crippen LogP contribution < -0.4 is 5.32 Å². The summed E-state index contributed by atoms with van der Waals surface area (Å²) in [6.45, 7) is 0. The summed E-state index contributed by atoms with van der Waals surface area (Å²) in [6.07, 6.45) is 1.51. The zero-order chi connectivity index (χ0) is 13.0. The molecule has 1 aromatic heterocycles. The van der Waals surface area contributed by atoms with Gasteiger partial charge in [-0.2, -0.15) is 5.26 Å². The van der Waals surface area contributed by atoms with Crippen molar-refractivity contribution >= 4 is 23.2 Å². The van der Waals surface area contributed by atoms with Gasteiger partial charge in [0.2, 0.25) is 0 Å². The van der Waals surface area contributed by atoms with Gasteiger partial charge in [-0.1, -0.05) is 11.6 Å². The largest absolute Gasteiger partial charge is 0.322 e. The predicted octanol–water partition coefficient (Wildman–Crippen LogP) is 2.86. The summed E-state index contributed by atoms with van der Waals surface area (Å²) >= 11 is 5.82. The van der Waals surface area contributed by atoms with Gasteiger partial charge in [-0.3, -0.25) is 4.79 Å². The zero-order valence-corrected chi connectivity index (χ0v) is 9.98. The van der Waals surface area contributed by atoms with Crippen molar-refractivity contribution in [3.63, 3.8) is 0 Å². The Hall–Kier alpha value is -2.38. The molecule has 88 valence electrons. The van der Waals surface area contributed by atoms with Gasteiger partial charge < -0.3 is 5.32 Å². The number of carbonyl (C=O) groups is 1. The summed E-state index contributed by atoms with van der Waals surface area (Å²) in [5, 5.41) is 11.5. The van der Waals surface area contributed by atoms with Crippen LogP contribution in [0, 0.1) is 11.3 Å². The molecule has 0 aliphatic rings. The minimum Gasteiger partial charge on any atom is -0.322 e. The minimum atomic E-state index is -0.335. The Morgan fingerprint density at radius 2 is 2.00 bits per heavy atom. The van der Waals surface area contributed by atoms with Gasteiger partial charge in [-0.05, 0) is 36.4 Å². The molecule has 0 radical (unpaired) electrons. The minimum absolute atomic E-state index is 0.156. The lowest BCUT2D eigenvalue weighted by Crippen LogP contribution is -2.12. The second kappa shape index (κ2) is 5.30. The molecule has 0 unspecified atom stereocenters. The molecule has 0 bridgehead atoms. The monoisotopic (exact) mass is 257 g/mol. The molecule has 4 nitrogen and oxygen atoms in total. The number of hydrogen-bond acceptors (Lipinski definition) is 3. The third-order valence-electron chi connectivity index (χ3n) is 2.28. The number of carbonyl (C=O) groups excluding carboxylic acids is 1. The van der Waals surface area contributed by atoms with Crippen LogP contribution >= 0.6 is 11.6 Å². The fourth-order valence-corrected chi connectivity index (χ4v) is 1.59. The molecular formula is C13H8ClN3O. The standard InChI is InChI=1S/C13H8ClN3O/c14-12-11(2-1-7-16-12)13(18)17-10-5-3-9(8-15)4-6-10/h1-7H,(H,17,18). The molecule has 5 heteroatoms. The van der Waals surface area contributed by atoms with E-state index in [4.69, 9.17) is 16.9 Å². The Morgan fingerprint density at radius 3 is 2.61 bits per heavy atom. The molecule has 2 aromatic rings. The Labute approximate surface area is 109 Å². The molecule has 1 aromatic carbocycles. The highest BCUT2D eigenvalue weighted by Crippen LogP contribution is 2.15. The molecule has 1 N–H and O–H groups in total. The van der Waals surface area contributed by atoms with Crippen LogP contribution in [0.15, 0.2) is 42.6 Å². The summed E-state index contributed by atoms with van der Waals surface area (Å²) in [7, 11) is 0. The van der Waals surface area contributed by atoms with Crippen LogP contribution in [-0.4, -0.2) is 10.9 Å². The van der Waals surface area contributed by atoms with E-state index in [0.29, 0.717) is 16.8 Å². The number of halogens is 1. The Bertz CT molecular complexity index is 617. The van der Waals surface area contributed by atoms with Gasteiger partial charge in [0.1, 0.15) is 5.15 Å². The van der Waals surface area contributed by atoms with Crippen LogP contribution in [-0.2, 0) is 0 Å². The van der Waals surface area contributed by atoms with Gasteiger partial charge in [-0.25, -0.2) is 4.98 Å². The van der Waals surface area contributed by atoms with Gasteiger partial charge >= 0.3 is 0 Å². The number of nitrogens with zero attached hydrogens (tertiary/aromatic N) is 2.